The Morgan fingerprint density at radius 2 is 2.46 bits per heavy atom. The second kappa shape index (κ2) is 5.29. The molecule has 0 amide bonds. The zero-order valence-corrected chi connectivity index (χ0v) is 9.05. The molecule has 1 atom stereocenters. The lowest BCUT2D eigenvalue weighted by molar-refractivity contribution is 0.603. The molecule has 0 aliphatic rings. The fourth-order valence-corrected chi connectivity index (χ4v) is 1.84. The Morgan fingerprint density at radius 3 is 3.08 bits per heavy atom. The highest BCUT2D eigenvalue weighted by molar-refractivity contribution is 7.98. The number of rotatable bonds is 5. The van der Waals surface area contributed by atoms with Crippen LogP contribution in [0.1, 0.15) is 25.2 Å². The minimum absolute atomic E-state index is 0.0662. The quantitative estimate of drug-likeness (QED) is 0.784. The fourth-order valence-electron chi connectivity index (χ4n) is 1.33. The van der Waals surface area contributed by atoms with Gasteiger partial charge in [0.2, 0.25) is 0 Å². The summed E-state index contributed by atoms with van der Waals surface area (Å²) in [5.41, 5.74) is 5.98. The molecule has 1 rings (SSSR count). The third-order valence-corrected chi connectivity index (χ3v) is 2.58. The first-order valence-corrected chi connectivity index (χ1v) is 5.94. The number of hydrogen-bond acceptors (Lipinski definition) is 3. The van der Waals surface area contributed by atoms with E-state index in [0.29, 0.717) is 0 Å². The van der Waals surface area contributed by atoms with Gasteiger partial charge in [-0.05, 0) is 12.7 Å². The van der Waals surface area contributed by atoms with Crippen LogP contribution in [0.5, 0.6) is 0 Å². The van der Waals surface area contributed by atoms with Gasteiger partial charge in [-0.2, -0.15) is 11.8 Å². The molecule has 0 aromatic carbocycles. The summed E-state index contributed by atoms with van der Waals surface area (Å²) in [6.45, 7) is 3.17. The minimum atomic E-state index is 0.0662. The molecule has 0 bridgehead atoms. The maximum Gasteiger partial charge on any atom is 0.126 e. The van der Waals surface area contributed by atoms with Crippen molar-refractivity contribution < 1.29 is 0 Å². The van der Waals surface area contributed by atoms with Crippen LogP contribution in [0.15, 0.2) is 12.4 Å². The Labute approximate surface area is 83.7 Å². The van der Waals surface area contributed by atoms with Crippen LogP contribution in [0, 0.1) is 0 Å². The number of nitrogens with two attached hydrogens (primary N) is 1. The molecule has 0 saturated carbocycles. The number of imidazole rings is 1. The van der Waals surface area contributed by atoms with E-state index in [1.165, 1.54) is 0 Å². The lowest BCUT2D eigenvalue weighted by atomic mass is 10.3. The van der Waals surface area contributed by atoms with Gasteiger partial charge in [0, 0.05) is 24.7 Å². The van der Waals surface area contributed by atoms with Gasteiger partial charge in [0.25, 0.3) is 0 Å². The van der Waals surface area contributed by atoms with Crippen LogP contribution in [0.3, 0.4) is 0 Å². The van der Waals surface area contributed by atoms with Crippen LogP contribution in [-0.4, -0.2) is 21.6 Å². The zero-order chi connectivity index (χ0) is 9.68. The van der Waals surface area contributed by atoms with E-state index in [4.69, 9.17) is 5.73 Å². The van der Waals surface area contributed by atoms with Crippen molar-refractivity contribution in [3.8, 4) is 0 Å². The normalized spacial score (nSPS) is 13.2. The van der Waals surface area contributed by atoms with Gasteiger partial charge in [0.1, 0.15) is 5.82 Å². The molecule has 1 heterocycles. The summed E-state index contributed by atoms with van der Waals surface area (Å²) < 4.78 is 2.14. The van der Waals surface area contributed by atoms with Crippen LogP contribution >= 0.6 is 11.8 Å². The Kier molecular flexibility index (Phi) is 4.32. The second-order valence-corrected chi connectivity index (χ2v) is 3.95. The van der Waals surface area contributed by atoms with E-state index < -0.39 is 0 Å². The van der Waals surface area contributed by atoms with E-state index in [9.17, 15) is 0 Å². The maximum absolute atomic E-state index is 5.98. The molecule has 0 spiro atoms. The lowest BCUT2D eigenvalue weighted by Gasteiger charge is -2.11. The molecule has 1 aromatic rings. The highest BCUT2D eigenvalue weighted by atomic mass is 32.2. The maximum atomic E-state index is 5.98. The highest BCUT2D eigenvalue weighted by Crippen LogP contribution is 2.12. The summed E-state index contributed by atoms with van der Waals surface area (Å²) in [7, 11) is 0. The van der Waals surface area contributed by atoms with Crippen LogP contribution in [0.2, 0.25) is 0 Å². The smallest absolute Gasteiger partial charge is 0.126 e. The number of aromatic nitrogens is 2. The molecule has 4 heteroatoms. The first-order chi connectivity index (χ1) is 6.29. The van der Waals surface area contributed by atoms with Crippen molar-refractivity contribution in [2.45, 2.75) is 25.9 Å². The van der Waals surface area contributed by atoms with E-state index in [-0.39, 0.29) is 6.04 Å². The molecule has 3 nitrogen and oxygen atoms in total. The zero-order valence-electron chi connectivity index (χ0n) is 8.23. The molecule has 0 aliphatic heterocycles. The third kappa shape index (κ3) is 2.74. The van der Waals surface area contributed by atoms with Crippen molar-refractivity contribution in [3.05, 3.63) is 18.2 Å². The predicted octanol–water partition coefficient (Wildman–Crippen LogP) is 1.66. The Bertz CT molecular complexity index is 247. The van der Waals surface area contributed by atoms with Gasteiger partial charge in [0.15, 0.2) is 0 Å². The van der Waals surface area contributed by atoms with Gasteiger partial charge in [-0.1, -0.05) is 6.92 Å². The molecule has 2 N–H and O–H groups in total. The van der Waals surface area contributed by atoms with E-state index in [0.717, 1.165) is 24.5 Å². The Balaban J connectivity index is 2.68. The van der Waals surface area contributed by atoms with Crippen LogP contribution in [-0.2, 0) is 6.54 Å². The van der Waals surface area contributed by atoms with E-state index in [1.54, 1.807) is 11.8 Å². The summed E-state index contributed by atoms with van der Waals surface area (Å²) in [5, 5.41) is 0. The molecular formula is C9H17N3S. The summed E-state index contributed by atoms with van der Waals surface area (Å²) in [5.74, 6) is 1.94. The third-order valence-electron chi connectivity index (χ3n) is 1.89. The monoisotopic (exact) mass is 199 g/mol. The number of hydrogen-bond donors (Lipinski definition) is 1. The van der Waals surface area contributed by atoms with Crippen molar-refractivity contribution in [1.82, 2.24) is 9.55 Å². The van der Waals surface area contributed by atoms with Crippen LogP contribution in [0.4, 0.5) is 0 Å². The van der Waals surface area contributed by atoms with E-state index in [1.807, 2.05) is 12.4 Å². The highest BCUT2D eigenvalue weighted by Gasteiger charge is 2.10. The number of thioether (sulfide) groups is 1. The number of aryl methyl sites for hydroxylation is 1. The second-order valence-electron chi connectivity index (χ2n) is 3.04. The van der Waals surface area contributed by atoms with Crippen molar-refractivity contribution in [2.75, 3.05) is 12.0 Å². The van der Waals surface area contributed by atoms with Crippen molar-refractivity contribution in [1.29, 1.82) is 0 Å². The molecule has 0 aliphatic carbocycles. The number of nitrogens with zero attached hydrogens (tertiary/aromatic N) is 2. The molecule has 74 valence electrons. The van der Waals surface area contributed by atoms with Crippen molar-refractivity contribution >= 4 is 11.8 Å². The van der Waals surface area contributed by atoms with Gasteiger partial charge in [-0.15, -0.1) is 0 Å². The molecule has 13 heavy (non-hydrogen) atoms. The summed E-state index contributed by atoms with van der Waals surface area (Å²) in [6, 6.07) is 0.0662. The van der Waals surface area contributed by atoms with Crippen LogP contribution < -0.4 is 5.73 Å². The standard InChI is InChI=1S/C9H17N3S/c1-3-5-12-6-4-11-9(12)8(10)7-13-2/h4,6,8H,3,5,7,10H2,1-2H3. The van der Waals surface area contributed by atoms with Gasteiger partial charge < -0.3 is 10.3 Å². The van der Waals surface area contributed by atoms with Gasteiger partial charge in [-0.25, -0.2) is 4.98 Å². The average molecular weight is 199 g/mol. The summed E-state index contributed by atoms with van der Waals surface area (Å²) >= 11 is 1.76. The topological polar surface area (TPSA) is 43.8 Å². The van der Waals surface area contributed by atoms with Gasteiger partial charge in [-0.3, -0.25) is 0 Å². The summed E-state index contributed by atoms with van der Waals surface area (Å²) in [4.78, 5) is 4.28. The average Bonchev–Trinajstić information content (AvgIpc) is 2.54. The Morgan fingerprint density at radius 1 is 1.69 bits per heavy atom. The van der Waals surface area contributed by atoms with Crippen molar-refractivity contribution in [3.63, 3.8) is 0 Å². The first kappa shape index (κ1) is 10.6. The largest absolute Gasteiger partial charge is 0.334 e. The molecule has 0 fully saturated rings. The van der Waals surface area contributed by atoms with E-state index >= 15 is 0 Å². The van der Waals surface area contributed by atoms with Gasteiger partial charge >= 0.3 is 0 Å². The van der Waals surface area contributed by atoms with E-state index in [2.05, 4.69) is 22.7 Å². The molecule has 0 radical (unpaired) electrons. The predicted molar refractivity (Wildman–Crippen MR) is 57.8 cm³/mol. The molecule has 1 unspecified atom stereocenters. The SMILES string of the molecule is CCCn1ccnc1C(N)CSC. The van der Waals surface area contributed by atoms with Crippen LogP contribution in [0.25, 0.3) is 0 Å². The molecular weight excluding hydrogens is 182 g/mol. The molecule has 0 saturated heterocycles. The summed E-state index contributed by atoms with van der Waals surface area (Å²) in [6.07, 6.45) is 7.01. The molecule has 1 aromatic heterocycles. The Hall–Kier alpha value is -0.480. The minimum Gasteiger partial charge on any atom is -0.334 e. The fraction of sp³-hybridized carbons (Fsp3) is 0.667. The lowest BCUT2D eigenvalue weighted by Crippen LogP contribution is -2.18. The van der Waals surface area contributed by atoms with Crippen molar-refractivity contribution in [2.24, 2.45) is 5.73 Å². The first-order valence-electron chi connectivity index (χ1n) is 4.55. The van der Waals surface area contributed by atoms with Gasteiger partial charge in [0.05, 0.1) is 6.04 Å².